The minimum absolute atomic E-state index is 0.266. The summed E-state index contributed by atoms with van der Waals surface area (Å²) in [7, 11) is 0. The van der Waals surface area contributed by atoms with Crippen LogP contribution in [0.15, 0.2) is 24.3 Å². The van der Waals surface area contributed by atoms with Gasteiger partial charge in [-0.1, -0.05) is 17.7 Å². The third kappa shape index (κ3) is 4.55. The van der Waals surface area contributed by atoms with E-state index in [0.29, 0.717) is 11.6 Å². The molecule has 0 atom stereocenters. The quantitative estimate of drug-likeness (QED) is 0.724. The molecule has 1 aromatic carbocycles. The van der Waals surface area contributed by atoms with E-state index in [2.05, 4.69) is 6.07 Å². The van der Waals surface area contributed by atoms with Crippen LogP contribution in [-0.4, -0.2) is 6.61 Å². The van der Waals surface area contributed by atoms with E-state index in [-0.39, 0.29) is 5.41 Å². The highest BCUT2D eigenvalue weighted by atomic mass is 35.5. The van der Waals surface area contributed by atoms with Crippen molar-refractivity contribution in [2.24, 2.45) is 5.41 Å². The maximum atomic E-state index is 8.84. The van der Waals surface area contributed by atoms with Crippen LogP contribution in [-0.2, 0) is 0 Å². The molecule has 0 saturated heterocycles. The summed E-state index contributed by atoms with van der Waals surface area (Å²) in [5.74, 6) is 0.780. The first-order chi connectivity index (χ1) is 7.53. The van der Waals surface area contributed by atoms with Crippen molar-refractivity contribution >= 4 is 11.6 Å². The summed E-state index contributed by atoms with van der Waals surface area (Å²) in [5, 5.41) is 9.51. The van der Waals surface area contributed by atoms with Crippen molar-refractivity contribution in [2.45, 2.75) is 26.7 Å². The first-order valence-corrected chi connectivity index (χ1v) is 5.71. The van der Waals surface area contributed by atoms with Crippen LogP contribution in [0.1, 0.15) is 26.7 Å². The van der Waals surface area contributed by atoms with Crippen LogP contribution in [0.3, 0.4) is 0 Å². The maximum absolute atomic E-state index is 8.84. The molecule has 1 rings (SSSR count). The predicted octanol–water partition coefficient (Wildman–Crippen LogP) is 4.05. The normalized spacial score (nSPS) is 10.9. The Morgan fingerprint density at radius 2 is 2.19 bits per heavy atom. The number of nitriles is 1. The number of rotatable bonds is 5. The number of nitrogens with zero attached hydrogens (tertiary/aromatic N) is 1. The van der Waals surface area contributed by atoms with Gasteiger partial charge in [0.2, 0.25) is 0 Å². The highest BCUT2D eigenvalue weighted by molar-refractivity contribution is 6.30. The molecular weight excluding hydrogens is 222 g/mol. The molecule has 0 heterocycles. The van der Waals surface area contributed by atoms with E-state index in [1.165, 1.54) is 0 Å². The molecule has 16 heavy (non-hydrogen) atoms. The Kier molecular flexibility index (Phi) is 4.64. The minimum Gasteiger partial charge on any atom is -0.494 e. The Balaban J connectivity index is 2.29. The summed E-state index contributed by atoms with van der Waals surface area (Å²) in [6, 6.07) is 9.61. The van der Waals surface area contributed by atoms with E-state index in [1.54, 1.807) is 6.07 Å². The lowest BCUT2D eigenvalue weighted by molar-refractivity contribution is 0.284. The summed E-state index contributed by atoms with van der Waals surface area (Å²) in [6.07, 6.45) is 1.71. The second-order valence-electron chi connectivity index (χ2n) is 4.41. The van der Waals surface area contributed by atoms with Gasteiger partial charge in [-0.2, -0.15) is 5.26 Å². The third-order valence-corrected chi connectivity index (χ3v) is 2.55. The van der Waals surface area contributed by atoms with Crippen molar-refractivity contribution in [3.63, 3.8) is 0 Å². The fraction of sp³-hybridized carbons (Fsp3) is 0.462. The maximum Gasteiger partial charge on any atom is 0.120 e. The van der Waals surface area contributed by atoms with Crippen molar-refractivity contribution in [1.29, 1.82) is 5.26 Å². The Bertz CT molecular complexity index is 382. The monoisotopic (exact) mass is 237 g/mol. The Labute approximate surface area is 102 Å². The second-order valence-corrected chi connectivity index (χ2v) is 4.84. The molecule has 0 aliphatic heterocycles. The van der Waals surface area contributed by atoms with Crippen LogP contribution < -0.4 is 4.74 Å². The fourth-order valence-corrected chi connectivity index (χ4v) is 1.50. The van der Waals surface area contributed by atoms with Gasteiger partial charge in [0.05, 0.1) is 18.1 Å². The van der Waals surface area contributed by atoms with Gasteiger partial charge in [-0.25, -0.2) is 0 Å². The molecule has 0 aliphatic carbocycles. The molecule has 2 nitrogen and oxygen atoms in total. The van der Waals surface area contributed by atoms with E-state index in [1.807, 2.05) is 32.0 Å². The van der Waals surface area contributed by atoms with E-state index in [9.17, 15) is 0 Å². The van der Waals surface area contributed by atoms with Crippen LogP contribution in [0.5, 0.6) is 5.75 Å². The van der Waals surface area contributed by atoms with Gasteiger partial charge >= 0.3 is 0 Å². The lowest BCUT2D eigenvalue weighted by atomic mass is 9.90. The lowest BCUT2D eigenvalue weighted by Gasteiger charge is -2.14. The average molecular weight is 238 g/mol. The highest BCUT2D eigenvalue weighted by Gasteiger charge is 2.15. The van der Waals surface area contributed by atoms with Crippen molar-refractivity contribution in [2.75, 3.05) is 6.61 Å². The van der Waals surface area contributed by atoms with Crippen LogP contribution in [0.4, 0.5) is 0 Å². The van der Waals surface area contributed by atoms with Gasteiger partial charge in [0.25, 0.3) is 0 Å². The van der Waals surface area contributed by atoms with Gasteiger partial charge < -0.3 is 4.74 Å². The number of hydrogen-bond acceptors (Lipinski definition) is 2. The molecule has 0 radical (unpaired) electrons. The Morgan fingerprint density at radius 3 is 2.81 bits per heavy atom. The largest absolute Gasteiger partial charge is 0.494 e. The molecule has 0 spiro atoms. The summed E-state index contributed by atoms with van der Waals surface area (Å²) in [4.78, 5) is 0. The van der Waals surface area contributed by atoms with Crippen molar-refractivity contribution in [3.8, 4) is 11.8 Å². The number of ether oxygens (including phenoxy) is 1. The zero-order valence-corrected chi connectivity index (χ0v) is 10.4. The van der Waals surface area contributed by atoms with E-state index in [4.69, 9.17) is 21.6 Å². The number of benzene rings is 1. The van der Waals surface area contributed by atoms with Crippen LogP contribution >= 0.6 is 11.6 Å². The highest BCUT2D eigenvalue weighted by Crippen LogP contribution is 2.21. The smallest absolute Gasteiger partial charge is 0.120 e. The standard InChI is InChI=1S/C13H16ClNO/c1-13(2,10-15)7-4-8-16-12-6-3-5-11(14)9-12/h3,5-6,9H,4,7-8H2,1-2H3. The first-order valence-electron chi connectivity index (χ1n) is 5.33. The van der Waals surface area contributed by atoms with Crippen molar-refractivity contribution in [1.82, 2.24) is 0 Å². The average Bonchev–Trinajstić information content (AvgIpc) is 2.25. The molecule has 0 unspecified atom stereocenters. The summed E-state index contributed by atoms with van der Waals surface area (Å²) in [6.45, 7) is 4.49. The van der Waals surface area contributed by atoms with Crippen LogP contribution in [0, 0.1) is 16.7 Å². The fourth-order valence-electron chi connectivity index (χ4n) is 1.32. The van der Waals surface area contributed by atoms with Crippen LogP contribution in [0.25, 0.3) is 0 Å². The van der Waals surface area contributed by atoms with Crippen LogP contribution in [0.2, 0.25) is 5.02 Å². The molecule has 0 aromatic heterocycles. The Hall–Kier alpha value is -1.20. The number of hydrogen-bond donors (Lipinski definition) is 0. The summed E-state index contributed by atoms with van der Waals surface area (Å²) in [5.41, 5.74) is -0.266. The van der Waals surface area contributed by atoms with Gasteiger partial charge in [0.15, 0.2) is 0 Å². The Morgan fingerprint density at radius 1 is 1.44 bits per heavy atom. The molecule has 0 N–H and O–H groups in total. The summed E-state index contributed by atoms with van der Waals surface area (Å²) >= 11 is 5.83. The molecule has 86 valence electrons. The lowest BCUT2D eigenvalue weighted by Crippen LogP contribution is -2.10. The molecule has 3 heteroatoms. The van der Waals surface area contributed by atoms with Crippen molar-refractivity contribution in [3.05, 3.63) is 29.3 Å². The topological polar surface area (TPSA) is 33.0 Å². The van der Waals surface area contributed by atoms with Gasteiger partial charge in [0.1, 0.15) is 5.75 Å². The van der Waals surface area contributed by atoms with E-state index in [0.717, 1.165) is 18.6 Å². The second kappa shape index (κ2) is 5.77. The van der Waals surface area contributed by atoms with Gasteiger partial charge in [-0.15, -0.1) is 0 Å². The molecule has 0 aliphatic rings. The SMILES string of the molecule is CC(C)(C#N)CCCOc1cccc(Cl)c1. The minimum atomic E-state index is -0.266. The molecule has 0 bridgehead atoms. The molecular formula is C13H16ClNO. The zero-order chi connectivity index (χ0) is 12.0. The zero-order valence-electron chi connectivity index (χ0n) is 9.66. The van der Waals surface area contributed by atoms with E-state index >= 15 is 0 Å². The summed E-state index contributed by atoms with van der Waals surface area (Å²) < 4.78 is 5.53. The van der Waals surface area contributed by atoms with E-state index < -0.39 is 0 Å². The van der Waals surface area contributed by atoms with Gasteiger partial charge in [-0.05, 0) is 44.9 Å². The number of halogens is 1. The molecule has 0 saturated carbocycles. The first kappa shape index (κ1) is 12.9. The molecule has 1 aromatic rings. The van der Waals surface area contributed by atoms with Gasteiger partial charge in [0, 0.05) is 5.02 Å². The predicted molar refractivity (Wildman–Crippen MR) is 65.6 cm³/mol. The molecule has 0 fully saturated rings. The third-order valence-electron chi connectivity index (χ3n) is 2.31. The molecule has 0 amide bonds. The van der Waals surface area contributed by atoms with Crippen molar-refractivity contribution < 1.29 is 4.74 Å². The van der Waals surface area contributed by atoms with Gasteiger partial charge in [-0.3, -0.25) is 0 Å².